The van der Waals surface area contributed by atoms with Gasteiger partial charge in [0.05, 0.1) is 0 Å². The molecule has 0 saturated carbocycles. The molecule has 0 amide bonds. The smallest absolute Gasteiger partial charge is 0.00733 e. The van der Waals surface area contributed by atoms with Crippen molar-refractivity contribution in [2.24, 2.45) is 0 Å². The van der Waals surface area contributed by atoms with Gasteiger partial charge in [-0.15, -0.1) is 6.58 Å². The molecule has 0 bridgehead atoms. The summed E-state index contributed by atoms with van der Waals surface area (Å²) in [4.78, 5) is 0. The first-order valence-corrected chi connectivity index (χ1v) is 9.24. The Balaban J connectivity index is 1.96. The molecule has 0 nitrogen and oxygen atoms in total. The first-order chi connectivity index (χ1) is 12.4. The van der Waals surface area contributed by atoms with E-state index in [1.165, 1.54) is 47.1 Å². The molecule has 3 rings (SSSR count). The highest BCUT2D eigenvalue weighted by Gasteiger charge is 2.11. The average Bonchev–Trinajstić information content (AvgIpc) is 2.69. The fourth-order valence-electron chi connectivity index (χ4n) is 3.39. The molecule has 0 N–H and O–H groups in total. The predicted molar refractivity (Wildman–Crippen MR) is 110 cm³/mol. The summed E-state index contributed by atoms with van der Waals surface area (Å²) in [6, 6.07) is 28.3. The molecule has 3 aromatic carbocycles. The van der Waals surface area contributed by atoms with Crippen LogP contribution in [0.15, 0.2) is 91.5 Å². The number of unbranched alkanes of at least 4 members (excludes halogenated alkanes) is 3. The second-order valence-electron chi connectivity index (χ2n) is 6.46. The Morgan fingerprint density at radius 3 is 2.00 bits per heavy atom. The fourth-order valence-corrected chi connectivity index (χ4v) is 3.39. The Bertz CT molecular complexity index is 785. The fraction of sp³-hybridized carbons (Fsp3) is 0.200. The van der Waals surface area contributed by atoms with Gasteiger partial charge in [-0.25, -0.2) is 0 Å². The van der Waals surface area contributed by atoms with Gasteiger partial charge in [0.1, 0.15) is 0 Å². The number of hydrogen-bond acceptors (Lipinski definition) is 0. The maximum absolute atomic E-state index is 3.82. The highest BCUT2D eigenvalue weighted by Crippen LogP contribution is 2.35. The Labute approximate surface area is 151 Å². The van der Waals surface area contributed by atoms with E-state index >= 15 is 0 Å². The highest BCUT2D eigenvalue weighted by molar-refractivity contribution is 5.85. The largest absolute Gasteiger partial charge is 0.103 e. The molecule has 0 heterocycles. The van der Waals surface area contributed by atoms with Crippen LogP contribution in [-0.4, -0.2) is 0 Å². The SMILES string of the molecule is C=CCCCCCc1cccc(-c2ccccc2)c1-c1ccccc1. The lowest BCUT2D eigenvalue weighted by molar-refractivity contribution is 0.688. The molecule has 0 atom stereocenters. The maximum Gasteiger partial charge on any atom is -0.00733 e. The summed E-state index contributed by atoms with van der Waals surface area (Å²) in [5.41, 5.74) is 6.76. The Morgan fingerprint density at radius 2 is 1.32 bits per heavy atom. The molecule has 0 aliphatic rings. The monoisotopic (exact) mass is 326 g/mol. The van der Waals surface area contributed by atoms with E-state index in [2.05, 4.69) is 85.4 Å². The lowest BCUT2D eigenvalue weighted by atomic mass is 9.88. The van der Waals surface area contributed by atoms with Gasteiger partial charge in [-0.05, 0) is 53.5 Å². The molecule has 0 unspecified atom stereocenters. The molecule has 0 heteroatoms. The molecule has 25 heavy (non-hydrogen) atoms. The summed E-state index contributed by atoms with van der Waals surface area (Å²) in [5.74, 6) is 0. The van der Waals surface area contributed by atoms with Crippen LogP contribution in [0.1, 0.15) is 31.2 Å². The summed E-state index contributed by atoms with van der Waals surface area (Å²) < 4.78 is 0. The van der Waals surface area contributed by atoms with Crippen LogP contribution < -0.4 is 0 Å². The number of hydrogen-bond donors (Lipinski definition) is 0. The first-order valence-electron chi connectivity index (χ1n) is 9.24. The van der Waals surface area contributed by atoms with Crippen molar-refractivity contribution in [1.82, 2.24) is 0 Å². The third kappa shape index (κ3) is 4.48. The van der Waals surface area contributed by atoms with Gasteiger partial charge < -0.3 is 0 Å². The van der Waals surface area contributed by atoms with Crippen molar-refractivity contribution >= 4 is 0 Å². The Hall–Kier alpha value is -2.60. The lowest BCUT2D eigenvalue weighted by Crippen LogP contribution is -1.94. The Morgan fingerprint density at radius 1 is 0.640 bits per heavy atom. The molecule has 0 aliphatic heterocycles. The minimum Gasteiger partial charge on any atom is -0.103 e. The molecule has 0 aromatic heterocycles. The third-order valence-electron chi connectivity index (χ3n) is 4.65. The van der Waals surface area contributed by atoms with Crippen molar-refractivity contribution in [3.8, 4) is 22.3 Å². The Kier molecular flexibility index (Phi) is 6.23. The van der Waals surface area contributed by atoms with Gasteiger partial charge in [-0.1, -0.05) is 91.4 Å². The van der Waals surface area contributed by atoms with Crippen LogP contribution in [0.5, 0.6) is 0 Å². The van der Waals surface area contributed by atoms with Gasteiger partial charge in [-0.2, -0.15) is 0 Å². The van der Waals surface area contributed by atoms with Gasteiger partial charge in [0, 0.05) is 0 Å². The van der Waals surface area contributed by atoms with Crippen LogP contribution >= 0.6 is 0 Å². The van der Waals surface area contributed by atoms with Crippen molar-refractivity contribution in [3.05, 3.63) is 97.1 Å². The summed E-state index contributed by atoms with van der Waals surface area (Å²) in [6.45, 7) is 3.82. The quantitative estimate of drug-likeness (QED) is 0.301. The van der Waals surface area contributed by atoms with Crippen LogP contribution in [-0.2, 0) is 6.42 Å². The second-order valence-corrected chi connectivity index (χ2v) is 6.46. The van der Waals surface area contributed by atoms with E-state index in [0.29, 0.717) is 0 Å². The van der Waals surface area contributed by atoms with Crippen LogP contribution in [0, 0.1) is 0 Å². The van der Waals surface area contributed by atoms with Crippen LogP contribution in [0.3, 0.4) is 0 Å². The molecule has 0 spiro atoms. The van der Waals surface area contributed by atoms with Gasteiger partial charge in [0.15, 0.2) is 0 Å². The molecular formula is C25H26. The number of allylic oxidation sites excluding steroid dienone is 1. The van der Waals surface area contributed by atoms with Crippen LogP contribution in [0.25, 0.3) is 22.3 Å². The maximum atomic E-state index is 3.82. The zero-order valence-corrected chi connectivity index (χ0v) is 14.8. The normalized spacial score (nSPS) is 10.6. The van der Waals surface area contributed by atoms with Crippen molar-refractivity contribution in [3.63, 3.8) is 0 Å². The molecule has 0 aliphatic carbocycles. The summed E-state index contributed by atoms with van der Waals surface area (Å²) in [6.07, 6.45) is 7.99. The van der Waals surface area contributed by atoms with E-state index in [1.54, 1.807) is 0 Å². The third-order valence-corrected chi connectivity index (χ3v) is 4.65. The second kappa shape index (κ2) is 9.03. The molecule has 0 radical (unpaired) electrons. The zero-order valence-electron chi connectivity index (χ0n) is 14.8. The summed E-state index contributed by atoms with van der Waals surface area (Å²) >= 11 is 0. The molecular weight excluding hydrogens is 300 g/mol. The minimum atomic E-state index is 1.12. The van der Waals surface area contributed by atoms with Gasteiger partial charge in [0.2, 0.25) is 0 Å². The van der Waals surface area contributed by atoms with E-state index in [-0.39, 0.29) is 0 Å². The lowest BCUT2D eigenvalue weighted by Gasteiger charge is -2.16. The van der Waals surface area contributed by atoms with Crippen molar-refractivity contribution in [1.29, 1.82) is 0 Å². The van der Waals surface area contributed by atoms with E-state index in [9.17, 15) is 0 Å². The average molecular weight is 326 g/mol. The number of aryl methyl sites for hydroxylation is 1. The predicted octanol–water partition coefficient (Wildman–Crippen LogP) is 7.31. The zero-order chi connectivity index (χ0) is 17.3. The van der Waals surface area contributed by atoms with Crippen LogP contribution in [0.2, 0.25) is 0 Å². The molecule has 126 valence electrons. The van der Waals surface area contributed by atoms with E-state index in [4.69, 9.17) is 0 Å². The minimum absolute atomic E-state index is 1.12. The van der Waals surface area contributed by atoms with Crippen molar-refractivity contribution < 1.29 is 0 Å². The van der Waals surface area contributed by atoms with E-state index in [1.807, 2.05) is 6.08 Å². The van der Waals surface area contributed by atoms with Gasteiger partial charge in [0.25, 0.3) is 0 Å². The van der Waals surface area contributed by atoms with Crippen molar-refractivity contribution in [2.75, 3.05) is 0 Å². The van der Waals surface area contributed by atoms with Crippen molar-refractivity contribution in [2.45, 2.75) is 32.1 Å². The molecule has 0 saturated heterocycles. The van der Waals surface area contributed by atoms with E-state index in [0.717, 1.165) is 12.8 Å². The van der Waals surface area contributed by atoms with Gasteiger partial charge >= 0.3 is 0 Å². The van der Waals surface area contributed by atoms with E-state index < -0.39 is 0 Å². The number of rotatable bonds is 8. The highest BCUT2D eigenvalue weighted by atomic mass is 14.2. The number of benzene rings is 3. The molecule has 0 fully saturated rings. The summed E-state index contributed by atoms with van der Waals surface area (Å²) in [7, 11) is 0. The summed E-state index contributed by atoms with van der Waals surface area (Å²) in [5, 5.41) is 0. The standard InChI is InChI=1S/C25H26/c1-2-3-4-5-8-16-23-19-13-20-24(21-14-9-6-10-15-21)25(23)22-17-11-7-12-18-22/h2,6-7,9-15,17-20H,1,3-5,8,16H2. The topological polar surface area (TPSA) is 0 Å². The molecule has 3 aromatic rings. The van der Waals surface area contributed by atoms with Gasteiger partial charge in [-0.3, -0.25) is 0 Å². The van der Waals surface area contributed by atoms with Crippen LogP contribution in [0.4, 0.5) is 0 Å². The first kappa shape index (κ1) is 17.2.